The predicted octanol–water partition coefficient (Wildman–Crippen LogP) is 2.52. The van der Waals surface area contributed by atoms with E-state index >= 15 is 0 Å². The van der Waals surface area contributed by atoms with Gasteiger partial charge in [-0.05, 0) is 61.2 Å². The smallest absolute Gasteiger partial charge is 0.409 e. The molecule has 0 heterocycles. The number of ether oxygens (including phenoxy) is 2. The first-order chi connectivity index (χ1) is 18.2. The quantitative estimate of drug-likeness (QED) is 0.163. The van der Waals surface area contributed by atoms with E-state index in [4.69, 9.17) is 9.47 Å². The summed E-state index contributed by atoms with van der Waals surface area (Å²) in [6.45, 7) is 4.06. The molecule has 5 N–H and O–H groups in total. The Balaban J connectivity index is 1.50. The van der Waals surface area contributed by atoms with Crippen molar-refractivity contribution in [3.05, 3.63) is 59.2 Å². The van der Waals surface area contributed by atoms with Gasteiger partial charge in [-0.2, -0.15) is 8.42 Å². The lowest BCUT2D eigenvalue weighted by Gasteiger charge is -2.14. The Morgan fingerprint density at radius 1 is 1.03 bits per heavy atom. The highest BCUT2D eigenvalue weighted by Crippen LogP contribution is 2.22. The number of hydrogen-bond acceptors (Lipinski definition) is 10. The molecule has 0 aliphatic carbocycles. The molecule has 212 valence electrons. The summed E-state index contributed by atoms with van der Waals surface area (Å²) >= 11 is 0. The number of aromatic hydroxyl groups is 1. The van der Waals surface area contributed by atoms with Crippen LogP contribution in [0.25, 0.3) is 0 Å². The summed E-state index contributed by atoms with van der Waals surface area (Å²) in [5, 5.41) is 32.3. The summed E-state index contributed by atoms with van der Waals surface area (Å²) in [5.74, 6) is -0.828. The topological polar surface area (TPSA) is 164 Å². The molecular formula is C26H38N2O9S. The standard InChI is InChI=1S/C26H38N2O9S/c1-2-26(32)37-38(33,34)28-23-8-6-7-20(15-23)19-36-14-13-35-12-5-3-4-11-27-17-25(31)21-9-10-24(30)22(16-21)18-29/h6-10,15-16,25,27-31H,2-5,11-14,17-19H2,1H3/t25-/m0/s1. The summed E-state index contributed by atoms with van der Waals surface area (Å²) < 4.78 is 41.4. The second kappa shape index (κ2) is 17.0. The number of carbonyl (C=O) groups excluding carboxylic acids is 1. The van der Waals surface area contributed by atoms with Crippen LogP contribution in [0, 0.1) is 0 Å². The first kappa shape index (κ1) is 31.5. The molecule has 12 heteroatoms. The molecule has 2 aromatic carbocycles. The number of phenols is 1. The first-order valence-electron chi connectivity index (χ1n) is 12.5. The van der Waals surface area contributed by atoms with Crippen LogP contribution >= 0.6 is 0 Å². The fraction of sp³-hybridized carbons (Fsp3) is 0.500. The van der Waals surface area contributed by atoms with E-state index in [-0.39, 0.29) is 31.1 Å². The van der Waals surface area contributed by atoms with Crippen molar-refractivity contribution >= 4 is 22.0 Å². The van der Waals surface area contributed by atoms with E-state index in [2.05, 4.69) is 14.2 Å². The van der Waals surface area contributed by atoms with Crippen LogP contribution in [0.3, 0.4) is 0 Å². The first-order valence-corrected chi connectivity index (χ1v) is 14.0. The van der Waals surface area contributed by atoms with Gasteiger partial charge in [-0.15, -0.1) is 0 Å². The number of aliphatic hydroxyl groups excluding tert-OH is 2. The molecule has 38 heavy (non-hydrogen) atoms. The average molecular weight is 555 g/mol. The van der Waals surface area contributed by atoms with Crippen molar-refractivity contribution in [3.8, 4) is 5.75 Å². The Bertz CT molecular complexity index is 1100. The Morgan fingerprint density at radius 2 is 1.82 bits per heavy atom. The van der Waals surface area contributed by atoms with Crippen LogP contribution < -0.4 is 10.0 Å². The number of benzene rings is 2. The lowest BCUT2D eigenvalue weighted by atomic mass is 10.1. The summed E-state index contributed by atoms with van der Waals surface area (Å²) in [4.78, 5) is 11.2. The van der Waals surface area contributed by atoms with E-state index in [1.165, 1.54) is 13.0 Å². The summed E-state index contributed by atoms with van der Waals surface area (Å²) in [6.07, 6.45) is 2.03. The maximum Gasteiger partial charge on any atom is 0.409 e. The zero-order valence-corrected chi connectivity index (χ0v) is 22.4. The van der Waals surface area contributed by atoms with Crippen LogP contribution in [0.2, 0.25) is 0 Å². The fourth-order valence-corrected chi connectivity index (χ4v) is 4.23. The molecule has 0 amide bonds. The van der Waals surface area contributed by atoms with E-state index in [0.29, 0.717) is 37.5 Å². The fourth-order valence-electron chi connectivity index (χ4n) is 3.41. The van der Waals surface area contributed by atoms with Crippen molar-refractivity contribution in [3.63, 3.8) is 0 Å². The maximum atomic E-state index is 11.8. The van der Waals surface area contributed by atoms with Gasteiger partial charge in [-0.3, -0.25) is 9.52 Å². The lowest BCUT2D eigenvalue weighted by Crippen LogP contribution is -2.22. The number of hydrogen-bond donors (Lipinski definition) is 5. The number of anilines is 1. The molecule has 2 rings (SSSR count). The van der Waals surface area contributed by atoms with E-state index in [1.807, 2.05) is 0 Å². The zero-order chi connectivity index (χ0) is 27.8. The van der Waals surface area contributed by atoms with Crippen LogP contribution in [-0.2, 0) is 42.0 Å². The van der Waals surface area contributed by atoms with Crippen molar-refractivity contribution in [2.45, 2.75) is 51.9 Å². The molecule has 0 aromatic heterocycles. The summed E-state index contributed by atoms with van der Waals surface area (Å²) in [7, 11) is -4.22. The van der Waals surface area contributed by atoms with Gasteiger partial charge in [0.1, 0.15) is 5.75 Å². The van der Waals surface area contributed by atoms with Gasteiger partial charge in [-0.1, -0.05) is 25.1 Å². The highest BCUT2D eigenvalue weighted by Gasteiger charge is 2.16. The van der Waals surface area contributed by atoms with E-state index in [0.717, 1.165) is 31.4 Å². The van der Waals surface area contributed by atoms with E-state index < -0.39 is 22.4 Å². The van der Waals surface area contributed by atoms with Crippen LogP contribution in [0.1, 0.15) is 55.4 Å². The molecular weight excluding hydrogens is 516 g/mol. The zero-order valence-electron chi connectivity index (χ0n) is 21.6. The van der Waals surface area contributed by atoms with E-state index in [9.17, 15) is 28.5 Å². The van der Waals surface area contributed by atoms with Crippen molar-refractivity contribution < 1.29 is 42.2 Å². The van der Waals surface area contributed by atoms with Crippen molar-refractivity contribution in [2.75, 3.05) is 37.6 Å². The third kappa shape index (κ3) is 12.2. The third-order valence-corrected chi connectivity index (χ3v) is 6.33. The molecule has 0 radical (unpaired) electrons. The minimum absolute atomic E-state index is 0.0111. The largest absolute Gasteiger partial charge is 0.508 e. The molecule has 0 unspecified atom stereocenters. The normalized spacial score (nSPS) is 12.3. The van der Waals surface area contributed by atoms with Gasteiger partial charge in [0.25, 0.3) is 0 Å². The van der Waals surface area contributed by atoms with Gasteiger partial charge >= 0.3 is 16.3 Å². The third-order valence-electron chi connectivity index (χ3n) is 5.44. The monoisotopic (exact) mass is 554 g/mol. The van der Waals surface area contributed by atoms with Gasteiger partial charge in [0, 0.05) is 25.1 Å². The minimum Gasteiger partial charge on any atom is -0.508 e. The Morgan fingerprint density at radius 3 is 2.58 bits per heavy atom. The van der Waals surface area contributed by atoms with Gasteiger partial charge < -0.3 is 34.3 Å². The SMILES string of the molecule is CCC(=O)OS(=O)(=O)Nc1cccc(COCCOCCCCCNC[C@H](O)c2ccc(O)c(CO)c2)c1. The van der Waals surface area contributed by atoms with Crippen LogP contribution in [-0.4, -0.2) is 62.6 Å². The Hall–Kier alpha value is -2.74. The second-order valence-electron chi connectivity index (χ2n) is 8.56. The molecule has 0 fully saturated rings. The Kier molecular flexibility index (Phi) is 14.1. The highest BCUT2D eigenvalue weighted by atomic mass is 32.2. The van der Waals surface area contributed by atoms with E-state index in [1.54, 1.807) is 36.4 Å². The molecule has 11 nitrogen and oxygen atoms in total. The number of nitrogens with one attached hydrogen (secondary N) is 2. The molecule has 0 aliphatic heterocycles. The molecule has 1 atom stereocenters. The summed E-state index contributed by atoms with van der Waals surface area (Å²) in [6, 6.07) is 11.3. The summed E-state index contributed by atoms with van der Waals surface area (Å²) in [5.41, 5.74) is 2.05. The maximum absolute atomic E-state index is 11.8. The number of carbonyl (C=O) groups is 1. The van der Waals surface area contributed by atoms with Crippen molar-refractivity contribution in [1.29, 1.82) is 0 Å². The molecule has 0 spiro atoms. The molecule has 0 bridgehead atoms. The van der Waals surface area contributed by atoms with Crippen LogP contribution in [0.5, 0.6) is 5.75 Å². The lowest BCUT2D eigenvalue weighted by molar-refractivity contribution is -0.133. The average Bonchev–Trinajstić information content (AvgIpc) is 2.89. The number of unbranched alkanes of at least 4 members (excludes halogenated alkanes) is 2. The van der Waals surface area contributed by atoms with Gasteiger partial charge in [-0.25, -0.2) is 0 Å². The van der Waals surface area contributed by atoms with Crippen molar-refractivity contribution in [2.24, 2.45) is 0 Å². The number of rotatable bonds is 19. The highest BCUT2D eigenvalue weighted by molar-refractivity contribution is 7.88. The van der Waals surface area contributed by atoms with Crippen LogP contribution in [0.4, 0.5) is 5.69 Å². The minimum atomic E-state index is -4.22. The molecule has 0 saturated heterocycles. The predicted molar refractivity (Wildman–Crippen MR) is 142 cm³/mol. The van der Waals surface area contributed by atoms with Gasteiger partial charge in [0.2, 0.25) is 0 Å². The molecule has 0 saturated carbocycles. The van der Waals surface area contributed by atoms with Gasteiger partial charge in [0.05, 0.1) is 38.2 Å². The Labute approximate surface area is 224 Å². The molecule has 0 aliphatic rings. The molecule has 2 aromatic rings. The van der Waals surface area contributed by atoms with Crippen LogP contribution in [0.15, 0.2) is 42.5 Å². The number of aliphatic hydroxyl groups is 2. The van der Waals surface area contributed by atoms with Gasteiger partial charge in [0.15, 0.2) is 0 Å². The second-order valence-corrected chi connectivity index (χ2v) is 9.84. The van der Waals surface area contributed by atoms with Crippen molar-refractivity contribution in [1.82, 2.24) is 5.32 Å².